The summed E-state index contributed by atoms with van der Waals surface area (Å²) in [5, 5.41) is 0. The molecule has 0 aliphatic heterocycles. The van der Waals surface area contributed by atoms with Crippen LogP contribution in [0.5, 0.6) is 0 Å². The van der Waals surface area contributed by atoms with Crippen LogP contribution < -0.4 is 0 Å². The zero-order valence-corrected chi connectivity index (χ0v) is 21.5. The quantitative estimate of drug-likeness (QED) is 0.118. The molecule has 1 unspecified atom stereocenters. The smallest absolute Gasteiger partial charge is 0.469 e. The van der Waals surface area contributed by atoms with E-state index in [9.17, 15) is 45.3 Å². The van der Waals surface area contributed by atoms with E-state index in [0.29, 0.717) is 0 Å². The first-order valence-corrected chi connectivity index (χ1v) is 12.5. The fraction of sp³-hybridized carbons (Fsp3) is 0.292. The van der Waals surface area contributed by atoms with Crippen LogP contribution in [-0.4, -0.2) is 64.1 Å². The lowest BCUT2D eigenvalue weighted by molar-refractivity contribution is -0.317. The Labute approximate surface area is 219 Å². The van der Waals surface area contributed by atoms with Gasteiger partial charge in [-0.1, -0.05) is 60.7 Å². The van der Waals surface area contributed by atoms with Gasteiger partial charge in [-0.15, -0.1) is 13.2 Å². The van der Waals surface area contributed by atoms with Gasteiger partial charge in [0.1, 0.15) is 25.4 Å². The number of ether oxygens (including phenoxy) is 3. The largest absolute Gasteiger partial charge is 0.523 e. The van der Waals surface area contributed by atoms with Gasteiger partial charge < -0.3 is 14.0 Å². The molecule has 1 atom stereocenters. The third kappa shape index (κ3) is 20.2. The minimum Gasteiger partial charge on any atom is -0.469 e. The maximum Gasteiger partial charge on any atom is 0.523 e. The van der Waals surface area contributed by atoms with E-state index < -0.39 is 45.0 Å². The van der Waals surface area contributed by atoms with E-state index in [1.807, 2.05) is 48.5 Å². The molecule has 0 N–H and O–H groups in total. The molecule has 0 amide bonds. The second-order valence-corrected chi connectivity index (χ2v) is 9.41. The Morgan fingerprint density at radius 1 is 0.846 bits per heavy atom. The number of esters is 2. The first-order chi connectivity index (χ1) is 18.1. The van der Waals surface area contributed by atoms with Crippen LogP contribution in [0.15, 0.2) is 66.7 Å². The number of aldehydes is 1. The molecule has 0 heterocycles. The fourth-order valence-electron chi connectivity index (χ4n) is 2.08. The molecule has 2 aromatic carbocycles. The van der Waals surface area contributed by atoms with Crippen LogP contribution in [0.2, 0.25) is 0 Å². The molecule has 0 spiro atoms. The topological polar surface area (TPSA) is 105 Å². The minimum atomic E-state index is -5.21. The monoisotopic (exact) mass is 586 g/mol. The number of hydrogen-bond donors (Lipinski definition) is 0. The summed E-state index contributed by atoms with van der Waals surface area (Å²) in [5.74, 6) is -1.62. The van der Waals surface area contributed by atoms with Crippen LogP contribution in [0.3, 0.4) is 0 Å². The molecule has 39 heavy (non-hydrogen) atoms. The van der Waals surface area contributed by atoms with E-state index >= 15 is 0 Å². The SMILES string of the molecule is COC(=O)/C=C\c1ccccc1.COC(=O)CP(=O)(COC(F)(F)F)OCC(F)(F)F.O=Cc1ccccc1. The molecule has 8 nitrogen and oxygen atoms in total. The maximum absolute atomic E-state index is 11.9. The summed E-state index contributed by atoms with van der Waals surface area (Å²) in [6.45, 7) is -2.07. The second kappa shape index (κ2) is 17.9. The minimum absolute atomic E-state index is 0.334. The maximum atomic E-state index is 11.9. The standard InChI is InChI=1S/C10H10O2.C7H9F6O5P.C7H6O/c1-12-10(11)8-7-9-5-3-2-4-6-9;1-16-5(14)2-19(15,4-17-7(11,12)13)18-3-6(8,9)10;8-6-7-4-2-1-3-5-7/h2-8H,1H3;2-4H2,1H3;1-6H/b8-7-;;. The molecule has 0 aromatic heterocycles. The summed E-state index contributed by atoms with van der Waals surface area (Å²) < 4.78 is 97.9. The van der Waals surface area contributed by atoms with Gasteiger partial charge in [-0.05, 0) is 11.6 Å². The van der Waals surface area contributed by atoms with Gasteiger partial charge >= 0.3 is 24.5 Å². The van der Waals surface area contributed by atoms with Crippen molar-refractivity contribution in [3.63, 3.8) is 0 Å². The van der Waals surface area contributed by atoms with Crippen LogP contribution in [0.4, 0.5) is 26.3 Å². The van der Waals surface area contributed by atoms with Crippen molar-refractivity contribution in [1.29, 1.82) is 0 Å². The van der Waals surface area contributed by atoms with Crippen molar-refractivity contribution in [2.45, 2.75) is 12.5 Å². The molecule has 0 radical (unpaired) electrons. The normalized spacial score (nSPS) is 12.6. The third-order valence-electron chi connectivity index (χ3n) is 3.83. The number of methoxy groups -OCH3 is 2. The number of alkyl halides is 6. The van der Waals surface area contributed by atoms with Crippen LogP contribution in [-0.2, 0) is 32.9 Å². The van der Waals surface area contributed by atoms with E-state index in [4.69, 9.17) is 0 Å². The fourth-order valence-corrected chi connectivity index (χ4v) is 3.58. The highest BCUT2D eigenvalue weighted by atomic mass is 31.2. The van der Waals surface area contributed by atoms with Gasteiger partial charge in [0.05, 0.1) is 14.2 Å². The Morgan fingerprint density at radius 3 is 1.74 bits per heavy atom. The molecular weight excluding hydrogens is 561 g/mol. The summed E-state index contributed by atoms with van der Waals surface area (Å²) in [5.41, 5.74) is 1.72. The van der Waals surface area contributed by atoms with Gasteiger partial charge in [0, 0.05) is 11.6 Å². The molecule has 2 aromatic rings. The summed E-state index contributed by atoms with van der Waals surface area (Å²) >= 11 is 0. The Bertz CT molecular complexity index is 1050. The van der Waals surface area contributed by atoms with Crippen LogP contribution in [0.25, 0.3) is 6.08 Å². The van der Waals surface area contributed by atoms with E-state index in [-0.39, 0.29) is 5.97 Å². The molecule has 0 aliphatic rings. The van der Waals surface area contributed by atoms with E-state index in [2.05, 4.69) is 18.7 Å². The van der Waals surface area contributed by atoms with Crippen molar-refractivity contribution in [2.24, 2.45) is 0 Å². The molecule has 2 rings (SSSR count). The molecule has 0 aliphatic carbocycles. The van der Waals surface area contributed by atoms with E-state index in [1.165, 1.54) is 13.2 Å². The molecule has 0 bridgehead atoms. The van der Waals surface area contributed by atoms with Crippen molar-refractivity contribution in [3.8, 4) is 0 Å². The summed E-state index contributed by atoms with van der Waals surface area (Å²) in [4.78, 5) is 31.5. The number of carbonyl (C=O) groups excluding carboxylic acids is 3. The summed E-state index contributed by atoms with van der Waals surface area (Å²) in [6.07, 6.45) is -9.14. The zero-order chi connectivity index (χ0) is 30.0. The lowest BCUT2D eigenvalue weighted by Crippen LogP contribution is -2.22. The highest BCUT2D eigenvalue weighted by molar-refractivity contribution is 7.59. The lowest BCUT2D eigenvalue weighted by Gasteiger charge is -2.19. The molecular formula is C24H25F6O8P. The van der Waals surface area contributed by atoms with Crippen LogP contribution in [0.1, 0.15) is 15.9 Å². The zero-order valence-electron chi connectivity index (χ0n) is 20.6. The Hall–Kier alpha value is -3.48. The summed E-state index contributed by atoms with van der Waals surface area (Å²) in [7, 11) is -2.44. The van der Waals surface area contributed by atoms with Gasteiger partial charge in [-0.3, -0.25) is 18.9 Å². The average molecular weight is 586 g/mol. The molecule has 0 saturated carbocycles. The molecule has 0 saturated heterocycles. The highest BCUT2D eigenvalue weighted by Crippen LogP contribution is 2.49. The summed E-state index contributed by atoms with van der Waals surface area (Å²) in [6, 6.07) is 18.7. The molecule has 15 heteroatoms. The van der Waals surface area contributed by atoms with Crippen LogP contribution >= 0.6 is 7.37 Å². The number of carbonyl (C=O) groups is 3. The van der Waals surface area contributed by atoms with Gasteiger partial charge in [0.25, 0.3) is 0 Å². The van der Waals surface area contributed by atoms with E-state index in [1.54, 1.807) is 18.2 Å². The van der Waals surface area contributed by atoms with Gasteiger partial charge in [0.15, 0.2) is 0 Å². The number of benzene rings is 2. The van der Waals surface area contributed by atoms with Crippen molar-refractivity contribution in [2.75, 3.05) is 33.3 Å². The van der Waals surface area contributed by atoms with Crippen molar-refractivity contribution in [1.82, 2.24) is 0 Å². The lowest BCUT2D eigenvalue weighted by atomic mass is 10.2. The van der Waals surface area contributed by atoms with Crippen molar-refractivity contribution < 1.29 is 64.0 Å². The highest BCUT2D eigenvalue weighted by Gasteiger charge is 2.39. The first-order valence-electron chi connectivity index (χ1n) is 10.5. The predicted molar refractivity (Wildman–Crippen MR) is 128 cm³/mol. The van der Waals surface area contributed by atoms with Crippen molar-refractivity contribution in [3.05, 3.63) is 77.9 Å². The van der Waals surface area contributed by atoms with Crippen molar-refractivity contribution >= 4 is 31.7 Å². The molecule has 0 fully saturated rings. The first kappa shape index (κ1) is 35.5. The average Bonchev–Trinajstić information content (AvgIpc) is 2.90. The number of hydrogen-bond acceptors (Lipinski definition) is 8. The van der Waals surface area contributed by atoms with Gasteiger partial charge in [-0.25, -0.2) is 4.79 Å². The van der Waals surface area contributed by atoms with E-state index in [0.717, 1.165) is 24.5 Å². The Balaban J connectivity index is 0.000000609. The van der Waals surface area contributed by atoms with Crippen LogP contribution in [0, 0.1) is 0 Å². The number of rotatable bonds is 9. The van der Waals surface area contributed by atoms with Gasteiger partial charge in [-0.2, -0.15) is 13.2 Å². The second-order valence-electron chi connectivity index (χ2n) is 6.95. The Morgan fingerprint density at radius 2 is 1.36 bits per heavy atom. The van der Waals surface area contributed by atoms with Gasteiger partial charge in [0.2, 0.25) is 7.37 Å². The molecule has 216 valence electrons. The predicted octanol–water partition coefficient (Wildman–Crippen LogP) is 5.88. The third-order valence-corrected chi connectivity index (χ3v) is 5.70. The Kier molecular flexibility index (Phi) is 16.3. The number of halogens is 6.